The Hall–Kier alpha value is -2.89. The van der Waals surface area contributed by atoms with Gasteiger partial charge in [-0.05, 0) is 25.1 Å². The number of hydrogen-bond donors (Lipinski definition) is 1. The molecule has 1 N–H and O–H groups in total. The maximum atomic E-state index is 12.0. The summed E-state index contributed by atoms with van der Waals surface area (Å²) in [6.45, 7) is 1.56. The molecule has 0 saturated carbocycles. The fraction of sp³-hybridized carbons (Fsp3) is 0.133. The molecule has 1 amide bonds. The van der Waals surface area contributed by atoms with Crippen LogP contribution in [0.3, 0.4) is 0 Å². The Bertz CT molecular complexity index is 774. The molecule has 6 heteroatoms. The highest BCUT2D eigenvalue weighted by Gasteiger charge is 2.36. The number of anilines is 1. The minimum atomic E-state index is -1.09. The van der Waals surface area contributed by atoms with Crippen LogP contribution < -0.4 is 4.90 Å². The van der Waals surface area contributed by atoms with Crippen LogP contribution in [0.2, 0.25) is 0 Å². The fourth-order valence-electron chi connectivity index (χ4n) is 2.39. The van der Waals surface area contributed by atoms with Gasteiger partial charge in [0.15, 0.2) is 0 Å². The second kappa shape index (κ2) is 4.59. The van der Waals surface area contributed by atoms with E-state index < -0.39 is 17.7 Å². The van der Waals surface area contributed by atoms with E-state index >= 15 is 0 Å². The molecular formula is C15H11NO5. The first-order valence-corrected chi connectivity index (χ1v) is 6.27. The number of rotatable bonds is 3. The van der Waals surface area contributed by atoms with Gasteiger partial charge in [-0.15, -0.1) is 0 Å². The number of carboxylic acids is 1. The summed E-state index contributed by atoms with van der Waals surface area (Å²) in [4.78, 5) is 36.2. The van der Waals surface area contributed by atoms with Gasteiger partial charge >= 0.3 is 5.97 Å². The molecule has 2 aromatic rings. The summed E-state index contributed by atoms with van der Waals surface area (Å²) in [5.74, 6) is -1.70. The van der Waals surface area contributed by atoms with Crippen LogP contribution in [0.25, 0.3) is 0 Å². The minimum Gasteiger partial charge on any atom is -0.478 e. The summed E-state index contributed by atoms with van der Waals surface area (Å²) in [5.41, 5.74) is 0.916. The Labute approximate surface area is 119 Å². The molecule has 0 fully saturated rings. The van der Waals surface area contributed by atoms with Gasteiger partial charge in [-0.1, -0.05) is 12.1 Å². The maximum Gasteiger partial charge on any atom is 0.339 e. The van der Waals surface area contributed by atoms with Crippen molar-refractivity contribution in [2.45, 2.75) is 13.5 Å². The van der Waals surface area contributed by atoms with E-state index in [1.807, 2.05) is 0 Å². The molecule has 106 valence electrons. The predicted octanol–water partition coefficient (Wildman–Crippen LogP) is 2.02. The zero-order valence-corrected chi connectivity index (χ0v) is 11.1. The lowest BCUT2D eigenvalue weighted by Crippen LogP contribution is -2.28. The van der Waals surface area contributed by atoms with Crippen LogP contribution in [0, 0.1) is 6.92 Å². The van der Waals surface area contributed by atoms with Gasteiger partial charge in [-0.25, -0.2) is 4.79 Å². The quantitative estimate of drug-likeness (QED) is 0.871. The van der Waals surface area contributed by atoms with Crippen LogP contribution in [0.1, 0.15) is 32.2 Å². The molecule has 0 aliphatic carbocycles. The molecule has 0 saturated heterocycles. The smallest absolute Gasteiger partial charge is 0.339 e. The van der Waals surface area contributed by atoms with Crippen molar-refractivity contribution in [1.29, 1.82) is 0 Å². The fourth-order valence-corrected chi connectivity index (χ4v) is 2.39. The standard InChI is InChI=1S/C15H11NO5/c1-8-11(15(19)20)6-9(21-8)7-16-12-5-3-2-4-10(12)13(17)14(16)18/h2-6H,7H2,1H3,(H,19,20). The number of amides is 1. The second-order valence-corrected chi connectivity index (χ2v) is 4.73. The first-order valence-electron chi connectivity index (χ1n) is 6.27. The van der Waals surface area contributed by atoms with Crippen LogP contribution in [-0.4, -0.2) is 22.8 Å². The summed E-state index contributed by atoms with van der Waals surface area (Å²) >= 11 is 0. The van der Waals surface area contributed by atoms with Crippen LogP contribution in [0.15, 0.2) is 34.7 Å². The average Bonchev–Trinajstić information content (AvgIpc) is 2.94. The monoisotopic (exact) mass is 285 g/mol. The van der Waals surface area contributed by atoms with E-state index in [1.54, 1.807) is 24.3 Å². The van der Waals surface area contributed by atoms with Crippen molar-refractivity contribution in [2.75, 3.05) is 4.90 Å². The van der Waals surface area contributed by atoms with E-state index in [2.05, 4.69) is 0 Å². The molecule has 0 atom stereocenters. The normalized spacial score (nSPS) is 13.7. The van der Waals surface area contributed by atoms with Gasteiger partial charge in [0, 0.05) is 0 Å². The van der Waals surface area contributed by atoms with Crippen molar-refractivity contribution in [3.63, 3.8) is 0 Å². The van der Waals surface area contributed by atoms with Gasteiger partial charge in [-0.3, -0.25) is 14.5 Å². The number of benzene rings is 1. The molecule has 1 aliphatic rings. The minimum absolute atomic E-state index is 0.0235. The molecule has 3 rings (SSSR count). The zero-order chi connectivity index (χ0) is 15.1. The van der Waals surface area contributed by atoms with Crippen molar-refractivity contribution >= 4 is 23.3 Å². The number of aryl methyl sites for hydroxylation is 1. The molecule has 1 aromatic heterocycles. The molecule has 0 unspecified atom stereocenters. The number of nitrogens with zero attached hydrogens (tertiary/aromatic N) is 1. The number of carbonyl (C=O) groups excluding carboxylic acids is 2. The third-order valence-electron chi connectivity index (χ3n) is 3.39. The zero-order valence-electron chi connectivity index (χ0n) is 11.1. The van der Waals surface area contributed by atoms with Gasteiger partial charge in [-0.2, -0.15) is 0 Å². The van der Waals surface area contributed by atoms with Crippen molar-refractivity contribution in [3.05, 3.63) is 53.0 Å². The Morgan fingerprint density at radius 2 is 2.00 bits per heavy atom. The highest BCUT2D eigenvalue weighted by Crippen LogP contribution is 2.30. The Kier molecular flexibility index (Phi) is 2.86. The lowest BCUT2D eigenvalue weighted by atomic mass is 10.1. The molecule has 21 heavy (non-hydrogen) atoms. The lowest BCUT2D eigenvalue weighted by Gasteiger charge is -2.14. The number of Topliss-reactive ketones (excluding diaryl/α,β-unsaturated/α-hetero) is 1. The number of hydrogen-bond acceptors (Lipinski definition) is 4. The second-order valence-electron chi connectivity index (χ2n) is 4.73. The molecule has 0 radical (unpaired) electrons. The largest absolute Gasteiger partial charge is 0.478 e. The molecule has 6 nitrogen and oxygen atoms in total. The van der Waals surface area contributed by atoms with E-state index in [4.69, 9.17) is 9.52 Å². The van der Waals surface area contributed by atoms with E-state index in [9.17, 15) is 14.4 Å². The number of furan rings is 1. The predicted molar refractivity (Wildman–Crippen MR) is 72.4 cm³/mol. The SMILES string of the molecule is Cc1oc(CN2C(=O)C(=O)c3ccccc32)cc1C(=O)O. The number of para-hydroxylation sites is 1. The molecule has 0 spiro atoms. The Morgan fingerprint density at radius 3 is 2.67 bits per heavy atom. The lowest BCUT2D eigenvalue weighted by molar-refractivity contribution is -0.114. The van der Waals surface area contributed by atoms with Crippen molar-refractivity contribution in [2.24, 2.45) is 0 Å². The van der Waals surface area contributed by atoms with E-state index in [-0.39, 0.29) is 17.9 Å². The topological polar surface area (TPSA) is 87.8 Å². The van der Waals surface area contributed by atoms with Crippen LogP contribution in [0.4, 0.5) is 5.69 Å². The highest BCUT2D eigenvalue weighted by molar-refractivity contribution is 6.52. The first kappa shape index (κ1) is 13.1. The number of aromatic carboxylic acids is 1. The Balaban J connectivity index is 1.95. The molecule has 2 heterocycles. The summed E-state index contributed by atoms with van der Waals surface area (Å²) in [7, 11) is 0. The van der Waals surface area contributed by atoms with Gasteiger partial charge < -0.3 is 9.52 Å². The summed E-state index contributed by atoms with van der Waals surface area (Å²) in [6.07, 6.45) is 0. The third-order valence-corrected chi connectivity index (χ3v) is 3.39. The van der Waals surface area contributed by atoms with Gasteiger partial charge in [0.1, 0.15) is 17.1 Å². The molecule has 0 bridgehead atoms. The number of fused-ring (bicyclic) bond motifs is 1. The third kappa shape index (κ3) is 2.01. The molecular weight excluding hydrogens is 274 g/mol. The van der Waals surface area contributed by atoms with Crippen LogP contribution in [0.5, 0.6) is 0 Å². The summed E-state index contributed by atoms with van der Waals surface area (Å²) in [5, 5.41) is 9.00. The molecule has 1 aromatic carbocycles. The van der Waals surface area contributed by atoms with Gasteiger partial charge in [0.2, 0.25) is 0 Å². The van der Waals surface area contributed by atoms with Crippen LogP contribution >= 0.6 is 0 Å². The highest BCUT2D eigenvalue weighted by atomic mass is 16.4. The number of carboxylic acid groups (broad SMARTS) is 1. The number of ketones is 1. The van der Waals surface area contributed by atoms with Crippen molar-refractivity contribution in [1.82, 2.24) is 0 Å². The maximum absolute atomic E-state index is 12.0. The van der Waals surface area contributed by atoms with E-state index in [0.717, 1.165) is 0 Å². The van der Waals surface area contributed by atoms with Crippen molar-refractivity contribution < 1.29 is 23.9 Å². The number of carbonyl (C=O) groups is 3. The summed E-state index contributed by atoms with van der Waals surface area (Å²) in [6, 6.07) is 8.05. The first-order chi connectivity index (χ1) is 9.99. The Morgan fingerprint density at radius 1 is 1.29 bits per heavy atom. The average molecular weight is 285 g/mol. The van der Waals surface area contributed by atoms with Crippen molar-refractivity contribution in [3.8, 4) is 0 Å². The van der Waals surface area contributed by atoms with Gasteiger partial charge in [0.05, 0.1) is 17.8 Å². The molecule has 1 aliphatic heterocycles. The van der Waals surface area contributed by atoms with E-state index in [0.29, 0.717) is 17.0 Å². The van der Waals surface area contributed by atoms with E-state index in [1.165, 1.54) is 17.9 Å². The van der Waals surface area contributed by atoms with Crippen LogP contribution in [-0.2, 0) is 11.3 Å². The van der Waals surface area contributed by atoms with Gasteiger partial charge in [0.25, 0.3) is 11.7 Å². The summed E-state index contributed by atoms with van der Waals surface area (Å²) < 4.78 is 5.35.